The quantitative estimate of drug-likeness (QED) is 0.672. The molecule has 1 nitrogen and oxygen atoms in total. The molecule has 0 saturated carbocycles. The maximum atomic E-state index is 5.38. The van der Waals surface area contributed by atoms with Gasteiger partial charge < -0.3 is 4.74 Å². The van der Waals surface area contributed by atoms with Gasteiger partial charge in [0.25, 0.3) is 0 Å². The predicted octanol–water partition coefficient (Wildman–Crippen LogP) is 3.97. The van der Waals surface area contributed by atoms with Gasteiger partial charge in [0, 0.05) is 9.75 Å². The lowest BCUT2D eigenvalue weighted by Gasteiger charge is -2.33. The lowest BCUT2D eigenvalue weighted by atomic mass is 9.72. The summed E-state index contributed by atoms with van der Waals surface area (Å²) in [5.41, 5.74) is 2.07. The molecule has 1 aromatic rings. The first-order valence-corrected chi connectivity index (χ1v) is 7.09. The normalized spacial score (nSPS) is 28.9. The molecule has 88 valence electrons. The molecule has 0 N–H and O–H groups in total. The van der Waals surface area contributed by atoms with Crippen molar-refractivity contribution in [1.82, 2.24) is 0 Å². The van der Waals surface area contributed by atoms with E-state index < -0.39 is 0 Å². The van der Waals surface area contributed by atoms with Gasteiger partial charge in [0.05, 0.1) is 6.61 Å². The Kier molecular flexibility index (Phi) is 2.41. The monoisotopic (exact) mass is 236 g/mol. The molecule has 2 aliphatic rings. The van der Waals surface area contributed by atoms with E-state index in [1.54, 1.807) is 10.4 Å². The maximum absolute atomic E-state index is 5.38. The van der Waals surface area contributed by atoms with Crippen LogP contribution in [0.5, 0.6) is 0 Å². The van der Waals surface area contributed by atoms with Crippen LogP contribution in [0.15, 0.2) is 6.07 Å². The fourth-order valence-electron chi connectivity index (χ4n) is 2.66. The Bertz CT molecular complexity index is 395. The Morgan fingerprint density at radius 1 is 1.38 bits per heavy atom. The van der Waals surface area contributed by atoms with Gasteiger partial charge in [-0.2, -0.15) is 0 Å². The first-order valence-electron chi connectivity index (χ1n) is 6.27. The molecular weight excluding hydrogens is 216 g/mol. The highest BCUT2D eigenvalue weighted by atomic mass is 32.1. The zero-order valence-corrected chi connectivity index (χ0v) is 11.2. The Balaban J connectivity index is 1.82. The van der Waals surface area contributed by atoms with Crippen LogP contribution < -0.4 is 0 Å². The zero-order chi connectivity index (χ0) is 11.3. The SMILES string of the molecule is CC(C)(C)C1CCc2sc(C3CO3)cc2C1. The number of hydrogen-bond donors (Lipinski definition) is 0. The Morgan fingerprint density at radius 2 is 2.12 bits per heavy atom. The molecule has 3 rings (SSSR count). The van der Waals surface area contributed by atoms with E-state index in [1.807, 2.05) is 11.3 Å². The average Bonchev–Trinajstić information content (AvgIpc) is 2.96. The van der Waals surface area contributed by atoms with Crippen molar-refractivity contribution in [3.8, 4) is 0 Å². The van der Waals surface area contributed by atoms with Crippen LogP contribution in [0, 0.1) is 11.3 Å². The van der Waals surface area contributed by atoms with E-state index in [0.717, 1.165) is 12.5 Å². The summed E-state index contributed by atoms with van der Waals surface area (Å²) in [6.07, 6.45) is 4.38. The van der Waals surface area contributed by atoms with E-state index >= 15 is 0 Å². The van der Waals surface area contributed by atoms with Gasteiger partial charge in [0.2, 0.25) is 0 Å². The van der Waals surface area contributed by atoms with Crippen LogP contribution in [-0.2, 0) is 17.6 Å². The molecule has 1 saturated heterocycles. The molecule has 0 radical (unpaired) electrons. The molecule has 16 heavy (non-hydrogen) atoms. The molecule has 0 spiro atoms. The van der Waals surface area contributed by atoms with E-state index in [2.05, 4.69) is 26.8 Å². The lowest BCUT2D eigenvalue weighted by molar-refractivity contribution is 0.217. The van der Waals surface area contributed by atoms with Gasteiger partial charge in [-0.25, -0.2) is 0 Å². The number of hydrogen-bond acceptors (Lipinski definition) is 2. The summed E-state index contributed by atoms with van der Waals surface area (Å²) in [7, 11) is 0. The summed E-state index contributed by atoms with van der Waals surface area (Å²) < 4.78 is 5.38. The van der Waals surface area contributed by atoms with Gasteiger partial charge in [0.1, 0.15) is 6.10 Å². The fourth-order valence-corrected chi connectivity index (χ4v) is 3.90. The van der Waals surface area contributed by atoms with Crippen molar-refractivity contribution in [2.75, 3.05) is 6.61 Å². The molecule has 2 heteroatoms. The molecule has 1 fully saturated rings. The molecule has 2 atom stereocenters. The summed E-state index contributed by atoms with van der Waals surface area (Å²) in [6, 6.07) is 2.41. The van der Waals surface area contributed by atoms with E-state index in [9.17, 15) is 0 Å². The highest BCUT2D eigenvalue weighted by molar-refractivity contribution is 7.12. The van der Waals surface area contributed by atoms with Crippen molar-refractivity contribution < 1.29 is 4.74 Å². The molecule has 2 heterocycles. The number of thiophene rings is 1. The van der Waals surface area contributed by atoms with E-state index in [0.29, 0.717) is 11.5 Å². The lowest BCUT2D eigenvalue weighted by Crippen LogP contribution is -2.26. The number of aryl methyl sites for hydroxylation is 1. The second-order valence-corrected chi connectivity index (χ2v) is 7.39. The number of fused-ring (bicyclic) bond motifs is 1. The third kappa shape index (κ3) is 1.93. The molecule has 0 bridgehead atoms. The van der Waals surface area contributed by atoms with Crippen LogP contribution in [0.25, 0.3) is 0 Å². The summed E-state index contributed by atoms with van der Waals surface area (Å²) >= 11 is 1.99. The number of epoxide rings is 1. The van der Waals surface area contributed by atoms with Crippen LogP contribution in [0.1, 0.15) is 48.6 Å². The second kappa shape index (κ2) is 3.58. The Morgan fingerprint density at radius 3 is 2.75 bits per heavy atom. The van der Waals surface area contributed by atoms with Crippen LogP contribution in [0.3, 0.4) is 0 Å². The van der Waals surface area contributed by atoms with E-state index in [-0.39, 0.29) is 0 Å². The van der Waals surface area contributed by atoms with Crippen LogP contribution in [-0.4, -0.2) is 6.61 Å². The summed E-state index contributed by atoms with van der Waals surface area (Å²) in [6.45, 7) is 8.07. The van der Waals surface area contributed by atoms with Crippen molar-refractivity contribution in [1.29, 1.82) is 0 Å². The molecule has 0 aromatic carbocycles. The van der Waals surface area contributed by atoms with E-state index in [1.165, 1.54) is 24.1 Å². The van der Waals surface area contributed by atoms with Gasteiger partial charge in [-0.1, -0.05) is 20.8 Å². The molecule has 1 aliphatic heterocycles. The minimum Gasteiger partial charge on any atom is -0.367 e. The number of rotatable bonds is 1. The molecule has 2 unspecified atom stereocenters. The third-order valence-corrected chi connectivity index (χ3v) is 5.31. The largest absolute Gasteiger partial charge is 0.367 e. The van der Waals surface area contributed by atoms with Gasteiger partial charge in [-0.05, 0) is 42.2 Å². The highest BCUT2D eigenvalue weighted by Gasteiger charge is 2.33. The van der Waals surface area contributed by atoms with Crippen LogP contribution in [0.4, 0.5) is 0 Å². The molecule has 0 amide bonds. The summed E-state index contributed by atoms with van der Waals surface area (Å²) in [4.78, 5) is 3.10. The maximum Gasteiger partial charge on any atom is 0.115 e. The zero-order valence-electron chi connectivity index (χ0n) is 10.4. The van der Waals surface area contributed by atoms with Crippen LogP contribution >= 0.6 is 11.3 Å². The minimum atomic E-state index is 0.448. The molecular formula is C14H20OS. The first-order chi connectivity index (χ1) is 7.54. The topological polar surface area (TPSA) is 12.5 Å². The van der Waals surface area contributed by atoms with Crippen molar-refractivity contribution in [3.05, 3.63) is 21.4 Å². The predicted molar refractivity (Wildman–Crippen MR) is 68.0 cm³/mol. The Hall–Kier alpha value is -0.340. The Labute approximate surface area is 102 Å². The van der Waals surface area contributed by atoms with Gasteiger partial charge in [-0.15, -0.1) is 11.3 Å². The smallest absolute Gasteiger partial charge is 0.115 e. The fraction of sp³-hybridized carbons (Fsp3) is 0.714. The van der Waals surface area contributed by atoms with Crippen molar-refractivity contribution in [2.24, 2.45) is 11.3 Å². The average molecular weight is 236 g/mol. The molecule has 1 aliphatic carbocycles. The van der Waals surface area contributed by atoms with Gasteiger partial charge >= 0.3 is 0 Å². The third-order valence-electron chi connectivity index (χ3n) is 3.98. The minimum absolute atomic E-state index is 0.448. The van der Waals surface area contributed by atoms with Gasteiger partial charge in [0.15, 0.2) is 0 Å². The van der Waals surface area contributed by atoms with Crippen molar-refractivity contribution >= 4 is 11.3 Å². The molecule has 1 aromatic heterocycles. The number of ether oxygens (including phenoxy) is 1. The standard InChI is InChI=1S/C14H20OS/c1-14(2,3)10-4-5-12-9(6-10)7-13(16-12)11-8-15-11/h7,10-11H,4-6,8H2,1-3H3. The first kappa shape index (κ1) is 10.8. The van der Waals surface area contributed by atoms with Gasteiger partial charge in [-0.3, -0.25) is 0 Å². The summed E-state index contributed by atoms with van der Waals surface area (Å²) in [5, 5.41) is 0. The summed E-state index contributed by atoms with van der Waals surface area (Å²) in [5.74, 6) is 0.850. The van der Waals surface area contributed by atoms with Crippen molar-refractivity contribution in [3.63, 3.8) is 0 Å². The highest BCUT2D eigenvalue weighted by Crippen LogP contribution is 2.43. The second-order valence-electron chi connectivity index (χ2n) is 6.22. The van der Waals surface area contributed by atoms with Crippen molar-refractivity contribution in [2.45, 2.75) is 46.1 Å². The van der Waals surface area contributed by atoms with Crippen LogP contribution in [0.2, 0.25) is 0 Å². The van der Waals surface area contributed by atoms with E-state index in [4.69, 9.17) is 4.74 Å².